The second kappa shape index (κ2) is 18.4. The normalized spacial score (nSPS) is 12.7. The van der Waals surface area contributed by atoms with E-state index >= 15 is 0 Å². The highest BCUT2D eigenvalue weighted by molar-refractivity contribution is 8.51. The van der Waals surface area contributed by atoms with Crippen LogP contribution in [0.25, 0.3) is 0 Å². The van der Waals surface area contributed by atoms with Crippen LogP contribution in [0.3, 0.4) is 0 Å². The Hall–Kier alpha value is 0.640. The number of unbranched alkanes of at least 4 members (excludes halogenated alkanes) is 15. The fourth-order valence-electron chi connectivity index (χ4n) is 3.40. The zero-order valence-corrected chi connectivity index (χ0v) is 18.8. The van der Waals surface area contributed by atoms with Gasteiger partial charge in [-0.15, -0.1) is 0 Å². The molecule has 0 aliphatic rings. The van der Waals surface area contributed by atoms with Gasteiger partial charge in [0.1, 0.15) is 0 Å². The van der Waals surface area contributed by atoms with E-state index in [4.69, 9.17) is 10.7 Å². The van der Waals surface area contributed by atoms with E-state index in [9.17, 15) is 0 Å². The highest BCUT2D eigenvalue weighted by Gasteiger charge is 2.14. The molecule has 0 radical (unpaired) electrons. The van der Waals surface area contributed by atoms with Gasteiger partial charge in [-0.3, -0.25) is 0 Å². The predicted octanol–water partition coefficient (Wildman–Crippen LogP) is 9.25. The monoisotopic (exact) mass is 378 g/mol. The first-order valence-corrected chi connectivity index (χ1v) is 14.1. The lowest BCUT2D eigenvalue weighted by Crippen LogP contribution is -2.03. The Morgan fingerprint density at radius 3 is 1.04 bits per heavy atom. The Bertz CT molecular complexity index is 238. The van der Waals surface area contributed by atoms with Crippen LogP contribution in [0.1, 0.15) is 124 Å². The molecule has 0 rings (SSSR count). The van der Waals surface area contributed by atoms with Gasteiger partial charge in [-0.2, -0.15) is 9.24 Å². The van der Waals surface area contributed by atoms with Crippen molar-refractivity contribution in [3.05, 3.63) is 0 Å². The second-order valence-corrected chi connectivity index (χ2v) is 12.9. The topological polar surface area (TPSA) is 0 Å². The molecule has 0 nitrogen and oxygen atoms in total. The molecule has 0 heterocycles. The summed E-state index contributed by atoms with van der Waals surface area (Å²) in [5.74, 6) is 3.69. The van der Waals surface area contributed by atoms with Crippen molar-refractivity contribution in [2.24, 2.45) is 0 Å². The molecule has 0 aromatic carbocycles. The molecule has 148 valence electrons. The first kappa shape index (κ1) is 24.6. The van der Waals surface area contributed by atoms with E-state index in [1.807, 2.05) is 0 Å². The van der Waals surface area contributed by atoms with Crippen molar-refractivity contribution >= 4 is 19.9 Å². The van der Waals surface area contributed by atoms with Crippen LogP contribution in [-0.2, 0) is 0 Å². The van der Waals surface area contributed by atoms with E-state index in [1.54, 1.807) is 0 Å². The number of rotatable bonds is 19. The molecule has 2 heteroatoms. The zero-order valence-electron chi connectivity index (χ0n) is 17.2. The van der Waals surface area contributed by atoms with Gasteiger partial charge in [0.15, 0.2) is 0 Å². The minimum Gasteiger partial charge on any atom is -0.164 e. The van der Waals surface area contributed by atoms with Crippen LogP contribution in [0.5, 0.6) is 0 Å². The van der Waals surface area contributed by atoms with Crippen molar-refractivity contribution in [2.75, 3.05) is 17.3 Å². The summed E-state index contributed by atoms with van der Waals surface area (Å²) in [5, 5.41) is 0. The van der Waals surface area contributed by atoms with Gasteiger partial charge in [-0.1, -0.05) is 128 Å². The fraction of sp³-hybridized carbons (Fsp3) is 1.00. The lowest BCUT2D eigenvalue weighted by molar-refractivity contribution is 0.531. The standard InChI is InChI=1S/C22H47ClS/c1-4-7-8-9-10-11-12-13-14-15-16-17-18-19-20-21-22-24(23,5-2)6-3/h4-22H2,1-3H3. The van der Waals surface area contributed by atoms with E-state index in [2.05, 4.69) is 20.8 Å². The molecule has 0 unspecified atom stereocenters. The van der Waals surface area contributed by atoms with Crippen LogP contribution >= 0.6 is 19.9 Å². The van der Waals surface area contributed by atoms with E-state index in [0.29, 0.717) is 0 Å². The molecule has 0 fully saturated rings. The SMILES string of the molecule is CCCCCCCCCCCCCCCCCCS(Cl)(CC)CC. The molecule has 0 N–H and O–H groups in total. The predicted molar refractivity (Wildman–Crippen MR) is 119 cm³/mol. The first-order chi connectivity index (χ1) is 11.7. The summed E-state index contributed by atoms with van der Waals surface area (Å²) < 4.78 is 0. The van der Waals surface area contributed by atoms with Crippen molar-refractivity contribution < 1.29 is 0 Å². The van der Waals surface area contributed by atoms with E-state index in [-0.39, 0.29) is 0 Å². The van der Waals surface area contributed by atoms with Crippen LogP contribution in [0.4, 0.5) is 0 Å². The molecule has 0 aliphatic heterocycles. The highest BCUT2D eigenvalue weighted by atomic mass is 35.7. The van der Waals surface area contributed by atoms with Crippen molar-refractivity contribution in [3.8, 4) is 0 Å². The zero-order chi connectivity index (χ0) is 17.9. The van der Waals surface area contributed by atoms with Gasteiger partial charge < -0.3 is 0 Å². The van der Waals surface area contributed by atoms with Gasteiger partial charge in [-0.25, -0.2) is 0 Å². The van der Waals surface area contributed by atoms with Crippen molar-refractivity contribution in [1.29, 1.82) is 0 Å². The third-order valence-corrected chi connectivity index (χ3v) is 10.3. The molecule has 0 aromatic heterocycles. The summed E-state index contributed by atoms with van der Waals surface area (Å²) in [7, 11) is 5.89. The average Bonchev–Trinajstić information content (AvgIpc) is 2.61. The Balaban J connectivity index is 3.13. The quantitative estimate of drug-likeness (QED) is 0.196. The smallest absolute Gasteiger partial charge is 0.0101 e. The molecule has 0 amide bonds. The summed E-state index contributed by atoms with van der Waals surface area (Å²) in [6.07, 6.45) is 23.1. The molecule has 0 saturated heterocycles. The molecule has 0 saturated carbocycles. The minimum absolute atomic E-state index is 0.762. The minimum atomic E-state index is -0.762. The summed E-state index contributed by atoms with van der Waals surface area (Å²) >= 11 is 0. The molecule has 0 aromatic rings. The molecular formula is C22H47ClS. The Labute approximate surface area is 160 Å². The van der Waals surface area contributed by atoms with Gasteiger partial charge in [0.25, 0.3) is 0 Å². The van der Waals surface area contributed by atoms with E-state index in [0.717, 1.165) is 0 Å². The summed E-state index contributed by atoms with van der Waals surface area (Å²) in [5.41, 5.74) is 0. The van der Waals surface area contributed by atoms with Crippen LogP contribution < -0.4 is 0 Å². The lowest BCUT2D eigenvalue weighted by atomic mass is 10.0. The van der Waals surface area contributed by atoms with Gasteiger partial charge in [0.2, 0.25) is 0 Å². The maximum absolute atomic E-state index is 6.66. The fourth-order valence-corrected chi connectivity index (χ4v) is 5.44. The highest BCUT2D eigenvalue weighted by Crippen LogP contribution is 2.53. The van der Waals surface area contributed by atoms with Gasteiger partial charge in [-0.05, 0) is 23.7 Å². The molecular weight excluding hydrogens is 332 g/mol. The first-order valence-electron chi connectivity index (χ1n) is 11.1. The number of hydrogen-bond acceptors (Lipinski definition) is 0. The van der Waals surface area contributed by atoms with Gasteiger partial charge in [0.05, 0.1) is 0 Å². The molecule has 0 aliphatic carbocycles. The maximum Gasteiger partial charge on any atom is -0.0101 e. The van der Waals surface area contributed by atoms with Crippen LogP contribution in [-0.4, -0.2) is 17.3 Å². The van der Waals surface area contributed by atoms with Crippen molar-refractivity contribution in [1.82, 2.24) is 0 Å². The molecule has 0 atom stereocenters. The third kappa shape index (κ3) is 16.1. The van der Waals surface area contributed by atoms with E-state index in [1.165, 1.54) is 120 Å². The van der Waals surface area contributed by atoms with Crippen molar-refractivity contribution in [3.63, 3.8) is 0 Å². The number of hydrogen-bond donors (Lipinski definition) is 0. The van der Waals surface area contributed by atoms with E-state index < -0.39 is 9.24 Å². The maximum atomic E-state index is 6.66. The summed E-state index contributed by atoms with van der Waals surface area (Å²) in [4.78, 5) is 0. The average molecular weight is 379 g/mol. The number of halogens is 1. The largest absolute Gasteiger partial charge is 0.164 e. The lowest BCUT2D eigenvalue weighted by Gasteiger charge is -2.30. The summed E-state index contributed by atoms with van der Waals surface area (Å²) in [6.45, 7) is 6.82. The van der Waals surface area contributed by atoms with Gasteiger partial charge in [0, 0.05) is 0 Å². The Morgan fingerprint density at radius 1 is 0.458 bits per heavy atom. The van der Waals surface area contributed by atoms with Crippen LogP contribution in [0.15, 0.2) is 0 Å². The van der Waals surface area contributed by atoms with Crippen molar-refractivity contribution in [2.45, 2.75) is 124 Å². The van der Waals surface area contributed by atoms with Crippen LogP contribution in [0, 0.1) is 0 Å². The van der Waals surface area contributed by atoms with Gasteiger partial charge >= 0.3 is 0 Å². The molecule has 0 spiro atoms. The summed E-state index contributed by atoms with van der Waals surface area (Å²) in [6, 6.07) is 0. The Kier molecular flexibility index (Phi) is 18.9. The third-order valence-electron chi connectivity index (χ3n) is 5.40. The Morgan fingerprint density at radius 2 is 0.750 bits per heavy atom. The second-order valence-electron chi connectivity index (χ2n) is 7.52. The molecule has 24 heavy (non-hydrogen) atoms. The molecule has 0 bridgehead atoms. The van der Waals surface area contributed by atoms with Crippen LogP contribution in [0.2, 0.25) is 0 Å².